The predicted octanol–water partition coefficient (Wildman–Crippen LogP) is 4.58. The first-order valence-corrected chi connectivity index (χ1v) is 9.04. The summed E-state index contributed by atoms with van der Waals surface area (Å²) in [5.74, 6) is 1.43. The Hall–Kier alpha value is -3.60. The molecule has 0 radical (unpaired) electrons. The molecule has 0 unspecified atom stereocenters. The molecule has 0 saturated heterocycles. The highest BCUT2D eigenvalue weighted by molar-refractivity contribution is 5.82. The van der Waals surface area contributed by atoms with Crippen LogP contribution in [0.3, 0.4) is 0 Å². The standard InChI is InChI=1S/C23H21N3O2/c1-27-19-10-8-18(9-11-19)20(17-6-4-3-5-7-17)12-14-26-15-13-21-22(26)24-16-25-23(21)28-2/h3-13,15-16H,14H2,1-2H3. The van der Waals surface area contributed by atoms with Crippen molar-refractivity contribution in [2.24, 2.45) is 0 Å². The minimum absolute atomic E-state index is 0.589. The molecule has 28 heavy (non-hydrogen) atoms. The van der Waals surface area contributed by atoms with E-state index in [1.807, 2.05) is 30.5 Å². The monoisotopic (exact) mass is 371 g/mol. The number of hydrogen-bond donors (Lipinski definition) is 0. The first kappa shape index (κ1) is 17.8. The fraction of sp³-hybridized carbons (Fsp3) is 0.130. The van der Waals surface area contributed by atoms with Crippen LogP contribution >= 0.6 is 0 Å². The zero-order chi connectivity index (χ0) is 19.3. The van der Waals surface area contributed by atoms with Crippen LogP contribution in [0.25, 0.3) is 16.6 Å². The van der Waals surface area contributed by atoms with E-state index in [-0.39, 0.29) is 0 Å². The largest absolute Gasteiger partial charge is 0.497 e. The molecule has 0 aliphatic rings. The molecule has 140 valence electrons. The Morgan fingerprint density at radius 3 is 2.36 bits per heavy atom. The number of benzene rings is 2. The summed E-state index contributed by atoms with van der Waals surface area (Å²) in [7, 11) is 3.30. The van der Waals surface area contributed by atoms with Gasteiger partial charge in [-0.2, -0.15) is 0 Å². The topological polar surface area (TPSA) is 49.2 Å². The van der Waals surface area contributed by atoms with E-state index in [2.05, 4.69) is 57.0 Å². The van der Waals surface area contributed by atoms with E-state index < -0.39 is 0 Å². The van der Waals surface area contributed by atoms with Crippen LogP contribution < -0.4 is 9.47 Å². The van der Waals surface area contributed by atoms with E-state index in [0.717, 1.165) is 33.5 Å². The molecule has 0 aliphatic heterocycles. The molecule has 0 saturated carbocycles. The molecule has 0 N–H and O–H groups in total. The van der Waals surface area contributed by atoms with Crippen LogP contribution in [0, 0.1) is 0 Å². The number of rotatable bonds is 6. The molecule has 5 heteroatoms. The predicted molar refractivity (Wildman–Crippen MR) is 111 cm³/mol. The van der Waals surface area contributed by atoms with Gasteiger partial charge < -0.3 is 14.0 Å². The lowest BCUT2D eigenvalue weighted by Crippen LogP contribution is -1.98. The van der Waals surface area contributed by atoms with Gasteiger partial charge in [0.25, 0.3) is 0 Å². The minimum atomic E-state index is 0.589. The van der Waals surface area contributed by atoms with Crippen molar-refractivity contribution >= 4 is 16.6 Å². The van der Waals surface area contributed by atoms with Crippen molar-refractivity contribution in [2.75, 3.05) is 14.2 Å². The normalized spacial score (nSPS) is 11.6. The molecule has 0 atom stereocenters. The van der Waals surface area contributed by atoms with E-state index >= 15 is 0 Å². The zero-order valence-corrected chi connectivity index (χ0v) is 15.9. The Morgan fingerprint density at radius 2 is 1.64 bits per heavy atom. The average Bonchev–Trinajstić information content (AvgIpc) is 3.18. The molecule has 2 aromatic heterocycles. The van der Waals surface area contributed by atoms with Crippen molar-refractivity contribution in [3.8, 4) is 11.6 Å². The highest BCUT2D eigenvalue weighted by Gasteiger charge is 2.09. The van der Waals surface area contributed by atoms with E-state index in [1.165, 1.54) is 6.33 Å². The van der Waals surface area contributed by atoms with Gasteiger partial charge >= 0.3 is 0 Å². The van der Waals surface area contributed by atoms with Crippen molar-refractivity contribution < 1.29 is 9.47 Å². The molecule has 0 spiro atoms. The summed E-state index contributed by atoms with van der Waals surface area (Å²) in [6.45, 7) is 0.680. The summed E-state index contributed by atoms with van der Waals surface area (Å²) in [6.07, 6.45) is 5.75. The Morgan fingerprint density at radius 1 is 0.893 bits per heavy atom. The van der Waals surface area contributed by atoms with Gasteiger partial charge in [0, 0.05) is 12.7 Å². The number of aromatic nitrogens is 3. The second kappa shape index (κ2) is 7.96. The van der Waals surface area contributed by atoms with Crippen LogP contribution in [0.1, 0.15) is 11.1 Å². The van der Waals surface area contributed by atoms with Crippen molar-refractivity contribution in [1.29, 1.82) is 0 Å². The second-order valence-electron chi connectivity index (χ2n) is 6.30. The summed E-state index contributed by atoms with van der Waals surface area (Å²) in [5, 5.41) is 0.907. The van der Waals surface area contributed by atoms with Gasteiger partial charge in [-0.25, -0.2) is 9.97 Å². The molecule has 2 heterocycles. The summed E-state index contributed by atoms with van der Waals surface area (Å²) in [5.41, 5.74) is 4.31. The highest BCUT2D eigenvalue weighted by atomic mass is 16.5. The van der Waals surface area contributed by atoms with E-state index in [4.69, 9.17) is 9.47 Å². The summed E-state index contributed by atoms with van der Waals surface area (Å²) >= 11 is 0. The zero-order valence-electron chi connectivity index (χ0n) is 15.9. The van der Waals surface area contributed by atoms with Gasteiger partial charge in [0.1, 0.15) is 17.7 Å². The van der Waals surface area contributed by atoms with Gasteiger partial charge in [-0.15, -0.1) is 0 Å². The van der Waals surface area contributed by atoms with Gasteiger partial charge in [-0.05, 0) is 34.9 Å². The average molecular weight is 371 g/mol. The third-order valence-electron chi connectivity index (χ3n) is 4.69. The van der Waals surface area contributed by atoms with Gasteiger partial charge in [-0.3, -0.25) is 0 Å². The van der Waals surface area contributed by atoms with E-state index in [1.54, 1.807) is 14.2 Å². The Bertz CT molecular complexity index is 1100. The summed E-state index contributed by atoms with van der Waals surface area (Å²) in [6, 6.07) is 20.5. The Balaban J connectivity index is 1.73. The number of fused-ring (bicyclic) bond motifs is 1. The molecule has 4 rings (SSSR count). The van der Waals surface area contributed by atoms with Crippen LogP contribution in [0.5, 0.6) is 11.6 Å². The Labute approximate surface area is 163 Å². The fourth-order valence-corrected chi connectivity index (χ4v) is 3.27. The smallest absolute Gasteiger partial charge is 0.225 e. The summed E-state index contributed by atoms with van der Waals surface area (Å²) < 4.78 is 12.7. The van der Waals surface area contributed by atoms with Crippen LogP contribution in [0.2, 0.25) is 0 Å². The lowest BCUT2D eigenvalue weighted by atomic mass is 9.97. The number of hydrogen-bond acceptors (Lipinski definition) is 4. The molecule has 5 nitrogen and oxygen atoms in total. The number of allylic oxidation sites excluding steroid dienone is 1. The molecule has 0 aliphatic carbocycles. The number of ether oxygens (including phenoxy) is 2. The van der Waals surface area contributed by atoms with E-state index in [9.17, 15) is 0 Å². The van der Waals surface area contributed by atoms with Crippen LogP contribution in [0.15, 0.2) is 79.3 Å². The SMILES string of the molecule is COc1ccc(C(=CCn2ccc3c(OC)ncnc32)c2ccccc2)cc1. The molecular formula is C23H21N3O2. The first-order chi connectivity index (χ1) is 13.8. The minimum Gasteiger partial charge on any atom is -0.497 e. The van der Waals surface area contributed by atoms with Crippen LogP contribution in [-0.4, -0.2) is 28.8 Å². The maximum absolute atomic E-state index is 5.34. The van der Waals surface area contributed by atoms with Crippen molar-refractivity contribution in [1.82, 2.24) is 14.5 Å². The molecule has 0 bridgehead atoms. The van der Waals surface area contributed by atoms with Gasteiger partial charge in [0.2, 0.25) is 5.88 Å². The number of nitrogens with zero attached hydrogens (tertiary/aromatic N) is 3. The van der Waals surface area contributed by atoms with Crippen molar-refractivity contribution in [2.45, 2.75) is 6.54 Å². The second-order valence-corrected chi connectivity index (χ2v) is 6.30. The van der Waals surface area contributed by atoms with E-state index in [0.29, 0.717) is 12.4 Å². The fourth-order valence-electron chi connectivity index (χ4n) is 3.27. The van der Waals surface area contributed by atoms with Gasteiger partial charge in [0.05, 0.1) is 19.6 Å². The van der Waals surface area contributed by atoms with Crippen LogP contribution in [0.4, 0.5) is 0 Å². The lowest BCUT2D eigenvalue weighted by molar-refractivity contribution is 0.402. The maximum atomic E-state index is 5.34. The third-order valence-corrected chi connectivity index (χ3v) is 4.69. The quantitative estimate of drug-likeness (QED) is 0.498. The molecule has 2 aromatic carbocycles. The molecule has 4 aromatic rings. The lowest BCUT2D eigenvalue weighted by Gasteiger charge is -2.11. The Kier molecular flexibility index (Phi) is 5.06. The van der Waals surface area contributed by atoms with Gasteiger partial charge in [0.15, 0.2) is 0 Å². The highest BCUT2D eigenvalue weighted by Crippen LogP contribution is 2.27. The van der Waals surface area contributed by atoms with Crippen LogP contribution in [-0.2, 0) is 6.54 Å². The third kappa shape index (κ3) is 3.47. The number of methoxy groups -OCH3 is 2. The molecular weight excluding hydrogens is 350 g/mol. The summed E-state index contributed by atoms with van der Waals surface area (Å²) in [4.78, 5) is 8.59. The van der Waals surface area contributed by atoms with Gasteiger partial charge in [-0.1, -0.05) is 48.5 Å². The molecule has 0 fully saturated rings. The van der Waals surface area contributed by atoms with Crippen molar-refractivity contribution in [3.05, 3.63) is 90.4 Å². The first-order valence-electron chi connectivity index (χ1n) is 9.04. The maximum Gasteiger partial charge on any atom is 0.225 e. The van der Waals surface area contributed by atoms with Crippen molar-refractivity contribution in [3.63, 3.8) is 0 Å². The molecule has 0 amide bonds.